The Morgan fingerprint density at radius 3 is 2.57 bits per heavy atom. The SMILES string of the molecule is CNCc1c(C)oc(C)c1S(=O)(=O)Nc1ccnc(C)c1. The minimum absolute atomic E-state index is 0.198. The van der Waals surface area contributed by atoms with Crippen LogP contribution < -0.4 is 10.0 Å². The maximum absolute atomic E-state index is 12.6. The molecule has 0 unspecified atom stereocenters. The lowest BCUT2D eigenvalue weighted by molar-refractivity contribution is 0.494. The van der Waals surface area contributed by atoms with Crippen molar-refractivity contribution in [2.24, 2.45) is 0 Å². The molecule has 0 aliphatic carbocycles. The fourth-order valence-electron chi connectivity index (χ4n) is 2.26. The third-order valence-electron chi connectivity index (χ3n) is 3.10. The fraction of sp³-hybridized carbons (Fsp3) is 0.357. The topological polar surface area (TPSA) is 84.2 Å². The first-order valence-corrected chi connectivity index (χ1v) is 8.02. The Morgan fingerprint density at radius 2 is 1.95 bits per heavy atom. The second-order valence-electron chi connectivity index (χ2n) is 4.84. The Kier molecular flexibility index (Phi) is 4.34. The molecule has 7 heteroatoms. The fourth-order valence-corrected chi connectivity index (χ4v) is 3.76. The van der Waals surface area contributed by atoms with Crippen molar-refractivity contribution in [1.82, 2.24) is 10.3 Å². The molecule has 2 heterocycles. The van der Waals surface area contributed by atoms with Crippen LogP contribution in [0.4, 0.5) is 5.69 Å². The first-order valence-electron chi connectivity index (χ1n) is 6.54. The van der Waals surface area contributed by atoms with Gasteiger partial charge in [-0.25, -0.2) is 8.42 Å². The van der Waals surface area contributed by atoms with E-state index in [4.69, 9.17) is 4.42 Å². The molecule has 0 saturated carbocycles. The van der Waals surface area contributed by atoms with Gasteiger partial charge in [-0.1, -0.05) is 0 Å². The molecule has 2 N–H and O–H groups in total. The van der Waals surface area contributed by atoms with Crippen molar-refractivity contribution in [1.29, 1.82) is 0 Å². The first kappa shape index (κ1) is 15.5. The van der Waals surface area contributed by atoms with Crippen LogP contribution in [0.25, 0.3) is 0 Å². The average molecular weight is 309 g/mol. The van der Waals surface area contributed by atoms with E-state index in [0.29, 0.717) is 29.3 Å². The third kappa shape index (κ3) is 3.25. The number of aryl methyl sites for hydroxylation is 3. The van der Waals surface area contributed by atoms with Gasteiger partial charge >= 0.3 is 0 Å². The Morgan fingerprint density at radius 1 is 1.24 bits per heavy atom. The van der Waals surface area contributed by atoms with E-state index in [0.717, 1.165) is 5.69 Å². The van der Waals surface area contributed by atoms with E-state index < -0.39 is 10.0 Å². The van der Waals surface area contributed by atoms with Gasteiger partial charge in [-0.2, -0.15) is 0 Å². The van der Waals surface area contributed by atoms with Crippen LogP contribution in [0.3, 0.4) is 0 Å². The minimum atomic E-state index is -3.70. The minimum Gasteiger partial charge on any atom is -0.465 e. The van der Waals surface area contributed by atoms with Crippen LogP contribution in [0.15, 0.2) is 27.6 Å². The van der Waals surface area contributed by atoms with E-state index in [1.165, 1.54) is 0 Å². The summed E-state index contributed by atoms with van der Waals surface area (Å²) in [6.45, 7) is 5.64. The Hall–Kier alpha value is -1.86. The second kappa shape index (κ2) is 5.87. The molecule has 0 spiro atoms. The van der Waals surface area contributed by atoms with Gasteiger partial charge in [-0.3, -0.25) is 9.71 Å². The Labute approximate surface area is 124 Å². The molecule has 0 fully saturated rings. The lowest BCUT2D eigenvalue weighted by Gasteiger charge is -2.10. The van der Waals surface area contributed by atoms with Gasteiger partial charge in [0.2, 0.25) is 0 Å². The summed E-state index contributed by atoms with van der Waals surface area (Å²) in [5.41, 5.74) is 1.87. The van der Waals surface area contributed by atoms with Gasteiger partial charge in [-0.05, 0) is 40.0 Å². The van der Waals surface area contributed by atoms with Gasteiger partial charge in [0.05, 0.1) is 5.69 Å². The number of pyridine rings is 1. The van der Waals surface area contributed by atoms with E-state index in [1.807, 2.05) is 0 Å². The zero-order valence-electron chi connectivity index (χ0n) is 12.5. The van der Waals surface area contributed by atoms with Crippen molar-refractivity contribution < 1.29 is 12.8 Å². The van der Waals surface area contributed by atoms with Crippen LogP contribution in [0, 0.1) is 20.8 Å². The maximum Gasteiger partial charge on any atom is 0.265 e. The highest BCUT2D eigenvalue weighted by molar-refractivity contribution is 7.92. The standard InChI is InChI=1S/C14H19N3O3S/c1-9-7-12(5-6-16-9)17-21(18,19)14-11(3)20-10(2)13(14)8-15-4/h5-7,15H,8H2,1-4H3,(H,16,17). The van der Waals surface area contributed by atoms with E-state index in [2.05, 4.69) is 15.0 Å². The largest absolute Gasteiger partial charge is 0.465 e. The predicted molar refractivity (Wildman–Crippen MR) is 80.7 cm³/mol. The molecule has 0 aliphatic rings. The van der Waals surface area contributed by atoms with Crippen LogP contribution in [-0.4, -0.2) is 20.4 Å². The van der Waals surface area contributed by atoms with Crippen LogP contribution in [-0.2, 0) is 16.6 Å². The van der Waals surface area contributed by atoms with E-state index in [-0.39, 0.29) is 4.90 Å². The summed E-state index contributed by atoms with van der Waals surface area (Å²) in [7, 11) is -1.94. The van der Waals surface area contributed by atoms with Crippen LogP contribution in [0.2, 0.25) is 0 Å². The number of anilines is 1. The normalized spacial score (nSPS) is 11.6. The van der Waals surface area contributed by atoms with Crippen molar-refractivity contribution in [2.75, 3.05) is 11.8 Å². The number of hydrogen-bond donors (Lipinski definition) is 2. The van der Waals surface area contributed by atoms with Gasteiger partial charge in [0.1, 0.15) is 16.4 Å². The monoisotopic (exact) mass is 309 g/mol. The van der Waals surface area contributed by atoms with Crippen molar-refractivity contribution in [3.8, 4) is 0 Å². The van der Waals surface area contributed by atoms with Gasteiger partial charge in [0, 0.05) is 24.0 Å². The molecule has 2 rings (SSSR count). The van der Waals surface area contributed by atoms with E-state index in [1.54, 1.807) is 46.1 Å². The third-order valence-corrected chi connectivity index (χ3v) is 4.67. The Bertz CT molecular complexity index is 751. The van der Waals surface area contributed by atoms with Crippen molar-refractivity contribution in [2.45, 2.75) is 32.2 Å². The highest BCUT2D eigenvalue weighted by atomic mass is 32.2. The van der Waals surface area contributed by atoms with Gasteiger partial charge < -0.3 is 9.73 Å². The zero-order valence-corrected chi connectivity index (χ0v) is 13.3. The van der Waals surface area contributed by atoms with Crippen molar-refractivity contribution in [3.05, 3.63) is 41.1 Å². The van der Waals surface area contributed by atoms with E-state index >= 15 is 0 Å². The molecule has 0 saturated heterocycles. The van der Waals surface area contributed by atoms with Crippen LogP contribution in [0.1, 0.15) is 22.8 Å². The molecule has 0 radical (unpaired) electrons. The first-order chi connectivity index (χ1) is 9.85. The number of hydrogen-bond acceptors (Lipinski definition) is 5. The molecular weight excluding hydrogens is 290 g/mol. The van der Waals surface area contributed by atoms with E-state index in [9.17, 15) is 8.42 Å². The average Bonchev–Trinajstić information content (AvgIpc) is 2.64. The molecule has 0 aliphatic heterocycles. The quantitative estimate of drug-likeness (QED) is 0.884. The number of furan rings is 1. The smallest absolute Gasteiger partial charge is 0.265 e. The molecule has 6 nitrogen and oxygen atoms in total. The zero-order chi connectivity index (χ0) is 15.6. The number of sulfonamides is 1. The molecule has 0 atom stereocenters. The highest BCUT2D eigenvalue weighted by Crippen LogP contribution is 2.28. The Balaban J connectivity index is 2.45. The number of nitrogens with zero attached hydrogens (tertiary/aromatic N) is 1. The maximum atomic E-state index is 12.6. The summed E-state index contributed by atoms with van der Waals surface area (Å²) in [5.74, 6) is 0.990. The summed E-state index contributed by atoms with van der Waals surface area (Å²) in [6.07, 6.45) is 1.56. The van der Waals surface area contributed by atoms with Crippen molar-refractivity contribution >= 4 is 15.7 Å². The molecule has 114 valence electrons. The summed E-state index contributed by atoms with van der Waals surface area (Å²) in [5, 5.41) is 2.96. The highest BCUT2D eigenvalue weighted by Gasteiger charge is 2.26. The van der Waals surface area contributed by atoms with Crippen LogP contribution in [0.5, 0.6) is 0 Å². The van der Waals surface area contributed by atoms with Crippen molar-refractivity contribution in [3.63, 3.8) is 0 Å². The predicted octanol–water partition coefficient (Wildman–Crippen LogP) is 2.12. The lowest BCUT2D eigenvalue weighted by atomic mass is 10.2. The van der Waals surface area contributed by atoms with Gasteiger partial charge in [0.25, 0.3) is 10.0 Å². The molecule has 2 aromatic heterocycles. The summed E-state index contributed by atoms with van der Waals surface area (Å²) in [6, 6.07) is 3.29. The van der Waals surface area contributed by atoms with Gasteiger partial charge in [-0.15, -0.1) is 0 Å². The lowest BCUT2D eigenvalue weighted by Crippen LogP contribution is -2.17. The number of rotatable bonds is 5. The molecule has 0 bridgehead atoms. The molecule has 2 aromatic rings. The van der Waals surface area contributed by atoms with Crippen LogP contribution >= 0.6 is 0 Å². The molecule has 0 amide bonds. The molecular formula is C14H19N3O3S. The number of aromatic nitrogens is 1. The number of nitrogens with one attached hydrogen (secondary N) is 2. The summed E-state index contributed by atoms with van der Waals surface area (Å²) in [4.78, 5) is 4.25. The molecule has 0 aromatic carbocycles. The molecule has 21 heavy (non-hydrogen) atoms. The van der Waals surface area contributed by atoms with Gasteiger partial charge in [0.15, 0.2) is 0 Å². The second-order valence-corrected chi connectivity index (χ2v) is 6.46. The summed E-state index contributed by atoms with van der Waals surface area (Å²) < 4.78 is 33.3. The summed E-state index contributed by atoms with van der Waals surface area (Å²) >= 11 is 0.